The highest BCUT2D eigenvalue weighted by Crippen LogP contribution is 2.26. The summed E-state index contributed by atoms with van der Waals surface area (Å²) in [6.07, 6.45) is 4.99. The van der Waals surface area contributed by atoms with Gasteiger partial charge in [0.1, 0.15) is 0 Å². The van der Waals surface area contributed by atoms with E-state index in [9.17, 15) is 4.79 Å². The maximum Gasteiger partial charge on any atom is 0.165 e. The van der Waals surface area contributed by atoms with Gasteiger partial charge in [-0.1, -0.05) is 12.1 Å². The molecule has 2 nitrogen and oxygen atoms in total. The van der Waals surface area contributed by atoms with E-state index in [1.807, 2.05) is 30.0 Å². The van der Waals surface area contributed by atoms with Gasteiger partial charge in [-0.2, -0.15) is 11.8 Å². The standard InChI is InChI=1S/C14H19NOS/c1-17-11-5-10-15-9-4-8-14(16)12-6-2-3-7-13(12)15/h2-3,6-7H,4-5,8-11H2,1H3. The molecule has 0 amide bonds. The highest BCUT2D eigenvalue weighted by atomic mass is 32.2. The van der Waals surface area contributed by atoms with Crippen molar-refractivity contribution in [2.45, 2.75) is 19.3 Å². The summed E-state index contributed by atoms with van der Waals surface area (Å²) < 4.78 is 0. The van der Waals surface area contributed by atoms with Gasteiger partial charge in [0, 0.05) is 30.8 Å². The van der Waals surface area contributed by atoms with Crippen LogP contribution in [0.15, 0.2) is 24.3 Å². The van der Waals surface area contributed by atoms with Crippen molar-refractivity contribution in [3.63, 3.8) is 0 Å². The number of para-hydroxylation sites is 1. The summed E-state index contributed by atoms with van der Waals surface area (Å²) in [4.78, 5) is 14.3. The topological polar surface area (TPSA) is 20.3 Å². The molecule has 0 aliphatic carbocycles. The molecule has 0 bridgehead atoms. The third-order valence-electron chi connectivity index (χ3n) is 3.15. The molecule has 0 N–H and O–H groups in total. The summed E-state index contributed by atoms with van der Waals surface area (Å²) in [5, 5.41) is 0. The fourth-order valence-corrected chi connectivity index (χ4v) is 2.72. The summed E-state index contributed by atoms with van der Waals surface area (Å²) in [5.74, 6) is 1.49. The molecule has 0 spiro atoms. The highest BCUT2D eigenvalue weighted by Gasteiger charge is 2.19. The molecule has 0 fully saturated rings. The number of carbonyl (C=O) groups is 1. The molecule has 0 radical (unpaired) electrons. The SMILES string of the molecule is CSCCCN1CCCC(=O)c2ccccc21. The number of rotatable bonds is 4. The summed E-state index contributed by atoms with van der Waals surface area (Å²) in [7, 11) is 0. The Kier molecular flexibility index (Phi) is 4.49. The minimum absolute atomic E-state index is 0.299. The average molecular weight is 249 g/mol. The lowest BCUT2D eigenvalue weighted by Crippen LogP contribution is -2.25. The van der Waals surface area contributed by atoms with E-state index in [0.717, 1.165) is 30.8 Å². The first kappa shape index (κ1) is 12.5. The van der Waals surface area contributed by atoms with Crippen LogP contribution in [-0.2, 0) is 0 Å². The van der Waals surface area contributed by atoms with Crippen molar-refractivity contribution >= 4 is 23.2 Å². The van der Waals surface area contributed by atoms with Crippen LogP contribution in [0.3, 0.4) is 0 Å². The van der Waals surface area contributed by atoms with Crippen LogP contribution < -0.4 is 4.90 Å². The zero-order valence-corrected chi connectivity index (χ0v) is 11.1. The van der Waals surface area contributed by atoms with Gasteiger partial charge in [0.2, 0.25) is 0 Å². The molecule has 0 aromatic heterocycles. The Morgan fingerprint density at radius 2 is 2.18 bits per heavy atom. The molecular formula is C14H19NOS. The van der Waals surface area contributed by atoms with E-state index in [0.29, 0.717) is 12.2 Å². The van der Waals surface area contributed by atoms with Gasteiger partial charge in [-0.25, -0.2) is 0 Å². The van der Waals surface area contributed by atoms with Crippen LogP contribution in [0.4, 0.5) is 5.69 Å². The summed E-state index contributed by atoms with van der Waals surface area (Å²) >= 11 is 1.88. The number of carbonyl (C=O) groups excluding carboxylic acids is 1. The Labute approximate surface area is 107 Å². The van der Waals surface area contributed by atoms with Crippen molar-refractivity contribution in [1.29, 1.82) is 0 Å². The van der Waals surface area contributed by atoms with Crippen LogP contribution in [0.1, 0.15) is 29.6 Å². The van der Waals surface area contributed by atoms with E-state index in [-0.39, 0.29) is 0 Å². The third-order valence-corrected chi connectivity index (χ3v) is 3.85. The Morgan fingerprint density at radius 3 is 3.00 bits per heavy atom. The fourth-order valence-electron chi connectivity index (χ4n) is 2.30. The first-order valence-electron chi connectivity index (χ1n) is 6.19. The normalized spacial score (nSPS) is 15.6. The van der Waals surface area contributed by atoms with Gasteiger partial charge in [-0.15, -0.1) is 0 Å². The maximum absolute atomic E-state index is 12.0. The first-order valence-corrected chi connectivity index (χ1v) is 7.58. The largest absolute Gasteiger partial charge is 0.371 e. The molecule has 0 atom stereocenters. The maximum atomic E-state index is 12.0. The Bertz CT molecular complexity index is 392. The van der Waals surface area contributed by atoms with Crippen LogP contribution >= 0.6 is 11.8 Å². The van der Waals surface area contributed by atoms with Gasteiger partial charge in [-0.3, -0.25) is 4.79 Å². The van der Waals surface area contributed by atoms with Gasteiger partial charge < -0.3 is 4.90 Å². The lowest BCUT2D eigenvalue weighted by atomic mass is 10.1. The fraction of sp³-hybridized carbons (Fsp3) is 0.500. The van der Waals surface area contributed by atoms with Crippen molar-refractivity contribution in [1.82, 2.24) is 0 Å². The second kappa shape index (κ2) is 6.10. The van der Waals surface area contributed by atoms with Crippen molar-refractivity contribution in [3.8, 4) is 0 Å². The molecule has 0 saturated carbocycles. The third kappa shape index (κ3) is 3.03. The molecule has 0 unspecified atom stereocenters. The average Bonchev–Trinajstić information content (AvgIpc) is 2.51. The van der Waals surface area contributed by atoms with Crippen molar-refractivity contribution in [2.75, 3.05) is 30.0 Å². The smallest absolute Gasteiger partial charge is 0.165 e. The van der Waals surface area contributed by atoms with Gasteiger partial charge in [0.15, 0.2) is 5.78 Å². The quantitative estimate of drug-likeness (QED) is 0.764. The summed E-state index contributed by atoms with van der Waals surface area (Å²) in [5.41, 5.74) is 2.05. The molecule has 92 valence electrons. The molecule has 2 rings (SSSR count). The Hall–Kier alpha value is -0.960. The number of anilines is 1. The minimum Gasteiger partial charge on any atom is -0.371 e. The van der Waals surface area contributed by atoms with E-state index in [4.69, 9.17) is 0 Å². The van der Waals surface area contributed by atoms with E-state index in [1.54, 1.807) is 0 Å². The summed E-state index contributed by atoms with van der Waals surface area (Å²) in [6, 6.07) is 8.03. The van der Waals surface area contributed by atoms with Gasteiger partial charge in [-0.05, 0) is 37.0 Å². The number of nitrogens with zero attached hydrogens (tertiary/aromatic N) is 1. The lowest BCUT2D eigenvalue weighted by Gasteiger charge is -2.24. The van der Waals surface area contributed by atoms with Crippen LogP contribution in [0.2, 0.25) is 0 Å². The molecule has 0 saturated heterocycles. The van der Waals surface area contributed by atoms with Crippen LogP contribution in [0.5, 0.6) is 0 Å². The predicted molar refractivity (Wildman–Crippen MR) is 75.2 cm³/mol. The highest BCUT2D eigenvalue weighted by molar-refractivity contribution is 7.98. The molecule has 1 heterocycles. The van der Waals surface area contributed by atoms with Gasteiger partial charge >= 0.3 is 0 Å². The van der Waals surface area contributed by atoms with Crippen molar-refractivity contribution < 1.29 is 4.79 Å². The van der Waals surface area contributed by atoms with E-state index in [2.05, 4.69) is 17.2 Å². The molecular weight excluding hydrogens is 230 g/mol. The van der Waals surface area contributed by atoms with E-state index in [1.165, 1.54) is 12.2 Å². The monoisotopic (exact) mass is 249 g/mol. The number of hydrogen-bond donors (Lipinski definition) is 0. The van der Waals surface area contributed by atoms with Crippen molar-refractivity contribution in [3.05, 3.63) is 29.8 Å². The molecule has 1 aliphatic heterocycles. The van der Waals surface area contributed by atoms with Gasteiger partial charge in [0.25, 0.3) is 0 Å². The molecule has 17 heavy (non-hydrogen) atoms. The number of Topliss-reactive ketones (excluding diaryl/α,β-unsaturated/α-hetero) is 1. The number of thioether (sulfide) groups is 1. The number of ketones is 1. The van der Waals surface area contributed by atoms with Crippen LogP contribution in [0.25, 0.3) is 0 Å². The molecule has 1 aromatic rings. The van der Waals surface area contributed by atoms with Crippen molar-refractivity contribution in [2.24, 2.45) is 0 Å². The van der Waals surface area contributed by atoms with Crippen LogP contribution in [0, 0.1) is 0 Å². The van der Waals surface area contributed by atoms with E-state index < -0.39 is 0 Å². The second-order valence-corrected chi connectivity index (χ2v) is 5.36. The number of benzene rings is 1. The second-order valence-electron chi connectivity index (χ2n) is 4.38. The summed E-state index contributed by atoms with van der Waals surface area (Å²) in [6.45, 7) is 2.07. The first-order chi connectivity index (χ1) is 8.33. The van der Waals surface area contributed by atoms with Crippen LogP contribution in [-0.4, -0.2) is 30.9 Å². The zero-order chi connectivity index (χ0) is 12.1. The Morgan fingerprint density at radius 1 is 1.35 bits per heavy atom. The molecule has 3 heteroatoms. The molecule has 1 aromatic carbocycles. The minimum atomic E-state index is 0.299. The zero-order valence-electron chi connectivity index (χ0n) is 10.3. The Balaban J connectivity index is 2.17. The molecule has 1 aliphatic rings. The number of fused-ring (bicyclic) bond motifs is 1. The predicted octanol–water partition coefficient (Wildman–Crippen LogP) is 3.22. The van der Waals surface area contributed by atoms with E-state index >= 15 is 0 Å². The lowest BCUT2D eigenvalue weighted by molar-refractivity contribution is 0.0984. The van der Waals surface area contributed by atoms with Gasteiger partial charge in [0.05, 0.1) is 0 Å². The number of hydrogen-bond acceptors (Lipinski definition) is 3.